The Labute approximate surface area is 421 Å². The van der Waals surface area contributed by atoms with Crippen LogP contribution in [0.3, 0.4) is 0 Å². The SMILES string of the molecule is CCCCCC(CCCC1c2ccc(OC(=O)C(C)(C)NC(=O)OCc3ccccc3)cc2CCC1(C)c1ccc(OC(=O)C(C)(C)NC(=O)OCc2ccccc2)cc1)S(=O)CCCC(F)(F)C(F)(F)F. The maximum atomic E-state index is 13.8. The van der Waals surface area contributed by atoms with Crippen LogP contribution in [0.15, 0.2) is 103 Å². The Morgan fingerprint density at radius 3 is 1.74 bits per heavy atom. The van der Waals surface area contributed by atoms with Crippen LogP contribution in [0, 0.1) is 0 Å². The molecule has 4 atom stereocenters. The number of hydrogen-bond donors (Lipinski definition) is 2. The quantitative estimate of drug-likeness (QED) is 0.0303. The van der Waals surface area contributed by atoms with Crippen molar-refractivity contribution in [1.82, 2.24) is 10.6 Å². The molecule has 0 saturated carbocycles. The molecule has 0 saturated heterocycles. The maximum Gasteiger partial charge on any atom is 0.453 e. The summed E-state index contributed by atoms with van der Waals surface area (Å²) in [7, 11) is -1.64. The van der Waals surface area contributed by atoms with Crippen LogP contribution >= 0.6 is 0 Å². The summed E-state index contributed by atoms with van der Waals surface area (Å²) in [4.78, 5) is 52.1. The fourth-order valence-electron chi connectivity index (χ4n) is 8.76. The van der Waals surface area contributed by atoms with Crippen LogP contribution in [0.5, 0.6) is 11.5 Å². The fraction of sp³-hybridized carbons (Fsp3) is 0.491. The number of amides is 2. The number of ether oxygens (including phenoxy) is 4. The minimum Gasteiger partial charge on any atom is -0.445 e. The average molecular weight is 1030 g/mol. The first-order chi connectivity index (χ1) is 33.9. The van der Waals surface area contributed by atoms with Gasteiger partial charge in [-0.3, -0.25) is 4.21 Å². The van der Waals surface area contributed by atoms with Crippen LogP contribution in [0.4, 0.5) is 31.5 Å². The number of carbonyl (C=O) groups is 4. The Bertz CT molecular complexity index is 2450. The number of benzene rings is 4. The van der Waals surface area contributed by atoms with Gasteiger partial charge in [-0.05, 0) is 130 Å². The van der Waals surface area contributed by atoms with Crippen LogP contribution in [-0.4, -0.2) is 62.5 Å². The van der Waals surface area contributed by atoms with Gasteiger partial charge in [-0.2, -0.15) is 22.0 Å². The molecule has 1 aliphatic carbocycles. The van der Waals surface area contributed by atoms with Crippen molar-refractivity contribution in [1.29, 1.82) is 0 Å². The molecule has 5 rings (SSSR count). The van der Waals surface area contributed by atoms with Gasteiger partial charge in [0.05, 0.1) is 0 Å². The molecule has 4 unspecified atom stereocenters. The summed E-state index contributed by atoms with van der Waals surface area (Å²) in [5.41, 5.74) is 0.951. The fourth-order valence-corrected chi connectivity index (χ4v) is 10.4. The first-order valence-electron chi connectivity index (χ1n) is 24.4. The average Bonchev–Trinajstić information content (AvgIpc) is 3.33. The molecular weight excluding hydrogens is 960 g/mol. The van der Waals surface area contributed by atoms with E-state index in [-0.39, 0.29) is 36.4 Å². The second-order valence-corrected chi connectivity index (χ2v) is 21.5. The molecule has 0 spiro atoms. The van der Waals surface area contributed by atoms with Crippen molar-refractivity contribution in [3.63, 3.8) is 0 Å². The summed E-state index contributed by atoms with van der Waals surface area (Å²) in [6.07, 6.45) is -3.40. The zero-order valence-electron chi connectivity index (χ0n) is 41.8. The van der Waals surface area contributed by atoms with E-state index in [1.807, 2.05) is 61.5 Å². The number of nitrogens with one attached hydrogen (secondary N) is 2. The number of alkyl halides is 5. The second-order valence-electron chi connectivity index (χ2n) is 19.7. The minimum absolute atomic E-state index is 0.0101. The lowest BCUT2D eigenvalue weighted by atomic mass is 9.60. The molecule has 11 nitrogen and oxygen atoms in total. The van der Waals surface area contributed by atoms with Crippen LogP contribution in [0.2, 0.25) is 0 Å². The molecule has 1 aliphatic rings. The third kappa shape index (κ3) is 16.1. The van der Waals surface area contributed by atoms with Gasteiger partial charge < -0.3 is 29.6 Å². The lowest BCUT2D eigenvalue weighted by Crippen LogP contribution is -2.51. The van der Waals surface area contributed by atoms with E-state index in [9.17, 15) is 45.3 Å². The number of unbranched alkanes of at least 4 members (excludes halogenated alkanes) is 2. The van der Waals surface area contributed by atoms with Crippen molar-refractivity contribution in [2.24, 2.45) is 0 Å². The molecule has 0 heterocycles. The molecule has 0 radical (unpaired) electrons. The van der Waals surface area contributed by atoms with E-state index < -0.39 is 81.6 Å². The Morgan fingerprint density at radius 2 is 1.21 bits per heavy atom. The van der Waals surface area contributed by atoms with Crippen LogP contribution in [-0.2, 0) is 54.9 Å². The summed E-state index contributed by atoms with van der Waals surface area (Å²) < 4.78 is 102. The van der Waals surface area contributed by atoms with Crippen LogP contribution < -0.4 is 20.1 Å². The summed E-state index contributed by atoms with van der Waals surface area (Å²) in [6.45, 7) is 10.2. The molecular formula is C55H67F5N2O9S. The number of hydrogen-bond acceptors (Lipinski definition) is 9. The van der Waals surface area contributed by atoms with E-state index >= 15 is 0 Å². The highest BCUT2D eigenvalue weighted by molar-refractivity contribution is 7.85. The molecule has 2 N–H and O–H groups in total. The molecule has 0 aliphatic heterocycles. The zero-order valence-corrected chi connectivity index (χ0v) is 42.7. The Balaban J connectivity index is 1.33. The van der Waals surface area contributed by atoms with E-state index in [0.29, 0.717) is 38.5 Å². The second kappa shape index (κ2) is 25.2. The van der Waals surface area contributed by atoms with E-state index in [0.717, 1.165) is 47.1 Å². The maximum absolute atomic E-state index is 13.8. The largest absolute Gasteiger partial charge is 0.453 e. The minimum atomic E-state index is -5.67. The van der Waals surface area contributed by atoms with Gasteiger partial charge in [0, 0.05) is 28.2 Å². The standard InChI is InChI=1S/C55H67F5N2O9S/c1-7-8-11-22-44(72(67)34-17-32-54(56,57)55(58,59)60)23-16-24-46-45-30-29-43(71-48(64)52(4,5)62-50(66)69-37-39-20-14-10-15-21-39)35-40(45)31-33-53(46,6)41-25-27-42(28-26-41)70-47(63)51(2,3)61-49(65)68-36-38-18-12-9-13-19-38/h9-10,12-15,18-21,25-30,35,44,46H,7-8,11,16-17,22-24,31-34,36-37H2,1-6H3,(H,61,65)(H,62,66). The molecule has 392 valence electrons. The number of esters is 2. The van der Waals surface area contributed by atoms with Crippen molar-refractivity contribution in [2.75, 3.05) is 5.75 Å². The van der Waals surface area contributed by atoms with Crippen molar-refractivity contribution in [2.45, 2.75) is 165 Å². The first-order valence-corrected chi connectivity index (χ1v) is 25.8. The molecule has 4 aromatic carbocycles. The Kier molecular flexibility index (Phi) is 20.0. The van der Waals surface area contributed by atoms with Crippen LogP contribution in [0.25, 0.3) is 0 Å². The van der Waals surface area contributed by atoms with Gasteiger partial charge in [0.25, 0.3) is 0 Å². The Morgan fingerprint density at radius 1 is 0.694 bits per heavy atom. The number of aryl methyl sites for hydroxylation is 1. The monoisotopic (exact) mass is 1030 g/mol. The van der Waals surface area contributed by atoms with Crippen LogP contribution in [0.1, 0.15) is 139 Å². The van der Waals surface area contributed by atoms with Gasteiger partial charge in [-0.25, -0.2) is 19.2 Å². The van der Waals surface area contributed by atoms with Crippen molar-refractivity contribution < 1.29 is 64.3 Å². The van der Waals surface area contributed by atoms with E-state index in [2.05, 4.69) is 17.6 Å². The van der Waals surface area contributed by atoms with Gasteiger partial charge in [0.15, 0.2) is 0 Å². The highest BCUT2D eigenvalue weighted by atomic mass is 32.2. The summed E-state index contributed by atoms with van der Waals surface area (Å²) in [5, 5.41) is 4.74. The highest BCUT2D eigenvalue weighted by Gasteiger charge is 2.56. The molecule has 17 heteroatoms. The zero-order chi connectivity index (χ0) is 52.7. The molecule has 0 aromatic heterocycles. The predicted molar refractivity (Wildman–Crippen MR) is 265 cm³/mol. The van der Waals surface area contributed by atoms with Gasteiger partial charge in [0.1, 0.15) is 35.8 Å². The van der Waals surface area contributed by atoms with Crippen molar-refractivity contribution in [3.05, 3.63) is 131 Å². The van der Waals surface area contributed by atoms with E-state index in [1.165, 1.54) is 27.7 Å². The number of halogens is 5. The smallest absolute Gasteiger partial charge is 0.445 e. The van der Waals surface area contributed by atoms with E-state index in [1.54, 1.807) is 48.5 Å². The van der Waals surface area contributed by atoms with Crippen molar-refractivity contribution >= 4 is 34.9 Å². The molecule has 72 heavy (non-hydrogen) atoms. The highest BCUT2D eigenvalue weighted by Crippen LogP contribution is 2.51. The third-order valence-corrected chi connectivity index (χ3v) is 15.1. The normalized spacial score (nSPS) is 16.9. The predicted octanol–water partition coefficient (Wildman–Crippen LogP) is 12.7. The van der Waals surface area contributed by atoms with E-state index in [4.69, 9.17) is 18.9 Å². The lowest BCUT2D eigenvalue weighted by Gasteiger charge is -2.44. The summed E-state index contributed by atoms with van der Waals surface area (Å²) >= 11 is 0. The third-order valence-electron chi connectivity index (χ3n) is 13.2. The van der Waals surface area contributed by atoms with Gasteiger partial charge >= 0.3 is 36.2 Å². The number of alkyl carbamates (subject to hydrolysis) is 2. The first kappa shape index (κ1) is 57.1. The Hall–Kier alpha value is -5.84. The van der Waals surface area contributed by atoms with Gasteiger partial charge in [-0.1, -0.05) is 118 Å². The van der Waals surface area contributed by atoms with Gasteiger partial charge in [0.2, 0.25) is 0 Å². The molecule has 0 fully saturated rings. The molecule has 4 aromatic rings. The lowest BCUT2D eigenvalue weighted by molar-refractivity contribution is -0.284. The van der Waals surface area contributed by atoms with Crippen molar-refractivity contribution in [3.8, 4) is 11.5 Å². The topological polar surface area (TPSA) is 146 Å². The number of fused-ring (bicyclic) bond motifs is 1. The number of carbonyl (C=O) groups excluding carboxylic acids is 4. The van der Waals surface area contributed by atoms with Gasteiger partial charge in [-0.15, -0.1) is 0 Å². The number of rotatable bonds is 24. The summed E-state index contributed by atoms with van der Waals surface area (Å²) in [5.74, 6) is -6.23. The molecule has 2 amide bonds. The summed E-state index contributed by atoms with van der Waals surface area (Å²) in [6, 6.07) is 30.7. The molecule has 0 bridgehead atoms.